The first-order valence-corrected chi connectivity index (χ1v) is 4.75. The van der Waals surface area contributed by atoms with E-state index in [4.69, 9.17) is 0 Å². The van der Waals surface area contributed by atoms with Gasteiger partial charge in [0.1, 0.15) is 0 Å². The van der Waals surface area contributed by atoms with E-state index < -0.39 is 0 Å². The predicted octanol–water partition coefficient (Wildman–Crippen LogP) is 3.49. The third-order valence-electron chi connectivity index (χ3n) is 2.93. The van der Waals surface area contributed by atoms with E-state index in [-0.39, 0.29) is 0 Å². The summed E-state index contributed by atoms with van der Waals surface area (Å²) in [7, 11) is 0. The Morgan fingerprint density at radius 1 is 1.09 bits per heavy atom. The Morgan fingerprint density at radius 3 is 1.91 bits per heavy atom. The second-order valence-electron chi connectivity index (χ2n) is 4.45. The molecule has 2 atom stereocenters. The zero-order chi connectivity index (χ0) is 8.59. The summed E-state index contributed by atoms with van der Waals surface area (Å²) in [5.41, 5.74) is 1.69. The Morgan fingerprint density at radius 2 is 1.64 bits per heavy atom. The third-order valence-corrected chi connectivity index (χ3v) is 2.93. The van der Waals surface area contributed by atoms with Gasteiger partial charge < -0.3 is 0 Å². The molecule has 0 saturated carbocycles. The topological polar surface area (TPSA) is 0 Å². The standard InChI is InChI=1S/C11H20/c1-7(2)9(5)11-6-10(11)8(3)4/h6-9,11H,1-5H3. The molecule has 0 saturated heterocycles. The lowest BCUT2D eigenvalue weighted by molar-refractivity contribution is 0.378. The van der Waals surface area contributed by atoms with Gasteiger partial charge in [0.05, 0.1) is 0 Å². The van der Waals surface area contributed by atoms with Crippen molar-refractivity contribution in [3.05, 3.63) is 11.6 Å². The van der Waals surface area contributed by atoms with Crippen molar-refractivity contribution in [2.75, 3.05) is 0 Å². The normalized spacial score (nSPS) is 25.7. The maximum Gasteiger partial charge on any atom is 0.00106 e. The van der Waals surface area contributed by atoms with Gasteiger partial charge in [-0.05, 0) is 17.8 Å². The summed E-state index contributed by atoms with van der Waals surface area (Å²) in [5.74, 6) is 3.30. The van der Waals surface area contributed by atoms with Gasteiger partial charge in [0.15, 0.2) is 0 Å². The summed E-state index contributed by atoms with van der Waals surface area (Å²) in [6.07, 6.45) is 2.44. The molecule has 1 aliphatic rings. The average molecular weight is 152 g/mol. The van der Waals surface area contributed by atoms with Crippen LogP contribution in [0.1, 0.15) is 34.6 Å². The van der Waals surface area contributed by atoms with Gasteiger partial charge in [-0.2, -0.15) is 0 Å². The Hall–Kier alpha value is -0.260. The van der Waals surface area contributed by atoms with Crippen LogP contribution >= 0.6 is 0 Å². The molecule has 11 heavy (non-hydrogen) atoms. The molecule has 0 aromatic heterocycles. The minimum Gasteiger partial charge on any atom is -0.0770 e. The third kappa shape index (κ3) is 1.85. The first-order valence-electron chi connectivity index (χ1n) is 4.75. The lowest BCUT2D eigenvalue weighted by atomic mass is 9.89. The summed E-state index contributed by atoms with van der Waals surface area (Å²) in [5, 5.41) is 0. The maximum absolute atomic E-state index is 2.44. The Kier molecular flexibility index (Phi) is 2.41. The first-order chi connectivity index (χ1) is 5.04. The summed E-state index contributed by atoms with van der Waals surface area (Å²) < 4.78 is 0. The second kappa shape index (κ2) is 3.00. The molecule has 0 aromatic carbocycles. The predicted molar refractivity (Wildman–Crippen MR) is 50.4 cm³/mol. The lowest BCUT2D eigenvalue weighted by Crippen LogP contribution is -2.09. The van der Waals surface area contributed by atoms with Crippen LogP contribution in [0.4, 0.5) is 0 Å². The van der Waals surface area contributed by atoms with Crippen LogP contribution in [-0.2, 0) is 0 Å². The zero-order valence-electron chi connectivity index (χ0n) is 8.39. The minimum absolute atomic E-state index is 0.779. The number of hydrogen-bond acceptors (Lipinski definition) is 0. The van der Waals surface area contributed by atoms with Crippen molar-refractivity contribution < 1.29 is 0 Å². The molecule has 0 spiro atoms. The van der Waals surface area contributed by atoms with Crippen LogP contribution in [-0.4, -0.2) is 0 Å². The van der Waals surface area contributed by atoms with Crippen molar-refractivity contribution in [1.29, 1.82) is 0 Å². The SMILES string of the molecule is CC(C)C1=CC1C(C)C(C)C. The first kappa shape index (κ1) is 8.83. The van der Waals surface area contributed by atoms with Crippen molar-refractivity contribution >= 4 is 0 Å². The highest BCUT2D eigenvalue weighted by Crippen LogP contribution is 2.43. The molecule has 0 heteroatoms. The van der Waals surface area contributed by atoms with Crippen LogP contribution in [0.2, 0.25) is 0 Å². The number of rotatable bonds is 3. The fourth-order valence-corrected chi connectivity index (χ4v) is 1.61. The van der Waals surface area contributed by atoms with Gasteiger partial charge in [0.25, 0.3) is 0 Å². The van der Waals surface area contributed by atoms with E-state index in [2.05, 4.69) is 40.7 Å². The highest BCUT2D eigenvalue weighted by molar-refractivity contribution is 5.31. The molecule has 64 valence electrons. The van der Waals surface area contributed by atoms with E-state index in [9.17, 15) is 0 Å². The molecule has 0 N–H and O–H groups in total. The van der Waals surface area contributed by atoms with Crippen molar-refractivity contribution in [2.45, 2.75) is 34.6 Å². The molecule has 1 rings (SSSR count). The lowest BCUT2D eigenvalue weighted by Gasteiger charge is -2.16. The van der Waals surface area contributed by atoms with Gasteiger partial charge in [0.2, 0.25) is 0 Å². The van der Waals surface area contributed by atoms with Crippen LogP contribution in [0.5, 0.6) is 0 Å². The van der Waals surface area contributed by atoms with Crippen molar-refractivity contribution in [3.8, 4) is 0 Å². The fraction of sp³-hybridized carbons (Fsp3) is 0.818. The van der Waals surface area contributed by atoms with Gasteiger partial charge in [-0.15, -0.1) is 0 Å². The molecule has 0 aliphatic heterocycles. The van der Waals surface area contributed by atoms with E-state index in [0.717, 1.165) is 23.7 Å². The van der Waals surface area contributed by atoms with Gasteiger partial charge in [-0.3, -0.25) is 0 Å². The van der Waals surface area contributed by atoms with E-state index in [1.54, 1.807) is 5.57 Å². The molecule has 0 nitrogen and oxygen atoms in total. The van der Waals surface area contributed by atoms with Crippen LogP contribution in [0, 0.1) is 23.7 Å². The summed E-state index contributed by atoms with van der Waals surface area (Å²) in [6, 6.07) is 0. The summed E-state index contributed by atoms with van der Waals surface area (Å²) in [4.78, 5) is 0. The molecular formula is C11H20. The number of allylic oxidation sites excluding steroid dienone is 2. The molecule has 1 aliphatic carbocycles. The Balaban J connectivity index is 2.35. The van der Waals surface area contributed by atoms with Crippen molar-refractivity contribution in [2.24, 2.45) is 23.7 Å². The van der Waals surface area contributed by atoms with Crippen LogP contribution in [0.25, 0.3) is 0 Å². The van der Waals surface area contributed by atoms with E-state index in [1.807, 2.05) is 0 Å². The second-order valence-corrected chi connectivity index (χ2v) is 4.45. The molecule has 0 amide bonds. The maximum atomic E-state index is 2.44. The van der Waals surface area contributed by atoms with E-state index >= 15 is 0 Å². The van der Waals surface area contributed by atoms with Crippen molar-refractivity contribution in [1.82, 2.24) is 0 Å². The monoisotopic (exact) mass is 152 g/mol. The highest BCUT2D eigenvalue weighted by Gasteiger charge is 2.32. The van der Waals surface area contributed by atoms with Crippen molar-refractivity contribution in [3.63, 3.8) is 0 Å². The molecule has 0 bridgehead atoms. The van der Waals surface area contributed by atoms with Crippen LogP contribution < -0.4 is 0 Å². The van der Waals surface area contributed by atoms with E-state index in [1.165, 1.54) is 0 Å². The fourth-order valence-electron chi connectivity index (χ4n) is 1.61. The summed E-state index contributed by atoms with van der Waals surface area (Å²) in [6.45, 7) is 11.6. The average Bonchev–Trinajstić information content (AvgIpc) is 2.63. The minimum atomic E-state index is 0.779. The van der Waals surface area contributed by atoms with Crippen LogP contribution in [0.3, 0.4) is 0 Å². The molecule has 0 radical (unpaired) electrons. The molecule has 2 unspecified atom stereocenters. The summed E-state index contributed by atoms with van der Waals surface area (Å²) >= 11 is 0. The van der Waals surface area contributed by atoms with Gasteiger partial charge in [-0.1, -0.05) is 46.3 Å². The quantitative estimate of drug-likeness (QED) is 0.543. The Bertz CT molecular complexity index is 163. The van der Waals surface area contributed by atoms with Crippen LogP contribution in [0.15, 0.2) is 11.6 Å². The Labute approximate surface area is 70.7 Å². The largest absolute Gasteiger partial charge is 0.0770 e. The van der Waals surface area contributed by atoms with Gasteiger partial charge >= 0.3 is 0 Å². The zero-order valence-corrected chi connectivity index (χ0v) is 8.39. The smallest absolute Gasteiger partial charge is 0.00106 e. The molecule has 0 fully saturated rings. The number of hydrogen-bond donors (Lipinski definition) is 0. The van der Waals surface area contributed by atoms with E-state index in [0.29, 0.717) is 0 Å². The van der Waals surface area contributed by atoms with Gasteiger partial charge in [0, 0.05) is 5.92 Å². The molecule has 0 heterocycles. The molecular weight excluding hydrogens is 132 g/mol. The highest BCUT2D eigenvalue weighted by atomic mass is 14.4. The molecule has 0 aromatic rings. The van der Waals surface area contributed by atoms with Gasteiger partial charge in [-0.25, -0.2) is 0 Å².